The molecular formula is C14H16F3N3O2. The van der Waals surface area contributed by atoms with E-state index in [-0.39, 0.29) is 18.6 Å². The van der Waals surface area contributed by atoms with Gasteiger partial charge in [0.15, 0.2) is 6.10 Å². The maximum atomic E-state index is 12.3. The van der Waals surface area contributed by atoms with Gasteiger partial charge >= 0.3 is 6.18 Å². The Labute approximate surface area is 124 Å². The summed E-state index contributed by atoms with van der Waals surface area (Å²) >= 11 is 0. The minimum Gasteiger partial charge on any atom is -0.382 e. The Kier molecular flexibility index (Phi) is 4.82. The zero-order valence-electron chi connectivity index (χ0n) is 11.9. The summed E-state index contributed by atoms with van der Waals surface area (Å²) in [6.07, 6.45) is -5.67. The quantitative estimate of drug-likeness (QED) is 0.902. The number of likely N-dealkylation sites (N-methyl/N-ethyl adjacent to an activating group) is 1. The van der Waals surface area contributed by atoms with Gasteiger partial charge < -0.3 is 10.0 Å². The molecule has 1 unspecified atom stereocenters. The van der Waals surface area contributed by atoms with Crippen LogP contribution < -0.4 is 5.56 Å². The van der Waals surface area contributed by atoms with Crippen molar-refractivity contribution in [2.24, 2.45) is 0 Å². The Balaban J connectivity index is 2.03. The van der Waals surface area contributed by atoms with E-state index in [1.165, 1.54) is 22.8 Å². The van der Waals surface area contributed by atoms with Gasteiger partial charge in [-0.2, -0.15) is 13.2 Å². The molecule has 0 radical (unpaired) electrons. The van der Waals surface area contributed by atoms with Crippen LogP contribution in [0.3, 0.4) is 0 Å². The minimum absolute atomic E-state index is 0.188. The lowest BCUT2D eigenvalue weighted by molar-refractivity contribution is -0.207. The van der Waals surface area contributed by atoms with Crippen molar-refractivity contribution in [1.82, 2.24) is 14.5 Å². The molecule has 8 heteroatoms. The van der Waals surface area contributed by atoms with Crippen molar-refractivity contribution in [1.29, 1.82) is 0 Å². The number of hydrogen-bond acceptors (Lipinski definition) is 4. The second kappa shape index (κ2) is 6.45. The Morgan fingerprint density at radius 1 is 1.36 bits per heavy atom. The van der Waals surface area contributed by atoms with E-state index in [1.807, 2.05) is 0 Å². The fourth-order valence-corrected chi connectivity index (χ4v) is 2.03. The Morgan fingerprint density at radius 3 is 2.73 bits per heavy atom. The number of aliphatic hydroxyl groups excluding tert-OH is 1. The fraction of sp³-hybridized carbons (Fsp3) is 0.429. The van der Waals surface area contributed by atoms with E-state index < -0.39 is 18.8 Å². The average Bonchev–Trinajstić information content (AvgIpc) is 2.46. The maximum Gasteiger partial charge on any atom is 0.415 e. The van der Waals surface area contributed by atoms with E-state index in [0.717, 1.165) is 0 Å². The van der Waals surface area contributed by atoms with Gasteiger partial charge in [0.1, 0.15) is 0 Å². The third-order valence-corrected chi connectivity index (χ3v) is 3.32. The summed E-state index contributed by atoms with van der Waals surface area (Å²) < 4.78 is 38.2. The number of para-hydroxylation sites is 1. The lowest BCUT2D eigenvalue weighted by atomic mass is 10.2. The molecule has 2 aromatic rings. The van der Waals surface area contributed by atoms with Crippen molar-refractivity contribution in [2.45, 2.75) is 18.8 Å². The molecule has 0 bridgehead atoms. The summed E-state index contributed by atoms with van der Waals surface area (Å²) in [5, 5.41) is 9.46. The SMILES string of the molecule is CN(CCn1cnc2ccccc2c1=O)CC(O)C(F)(F)F. The normalized spacial score (nSPS) is 13.7. The van der Waals surface area contributed by atoms with Crippen molar-refractivity contribution < 1.29 is 18.3 Å². The van der Waals surface area contributed by atoms with Crippen LogP contribution in [0.15, 0.2) is 35.4 Å². The van der Waals surface area contributed by atoms with Gasteiger partial charge in [-0.25, -0.2) is 4.98 Å². The second-order valence-corrected chi connectivity index (χ2v) is 5.08. The Bertz CT molecular complexity index is 700. The predicted octanol–water partition coefficient (Wildman–Crippen LogP) is 1.25. The summed E-state index contributed by atoms with van der Waals surface area (Å²) in [6, 6.07) is 6.86. The zero-order valence-corrected chi connectivity index (χ0v) is 11.9. The number of aromatic nitrogens is 2. The van der Waals surface area contributed by atoms with E-state index in [9.17, 15) is 18.0 Å². The van der Waals surface area contributed by atoms with Crippen LogP contribution in [0.1, 0.15) is 0 Å². The summed E-state index contributed by atoms with van der Waals surface area (Å²) in [5.74, 6) is 0. The molecule has 0 saturated heterocycles. The molecule has 2 rings (SSSR count). The monoisotopic (exact) mass is 315 g/mol. The molecule has 22 heavy (non-hydrogen) atoms. The van der Waals surface area contributed by atoms with Crippen molar-refractivity contribution in [3.05, 3.63) is 40.9 Å². The zero-order chi connectivity index (χ0) is 16.3. The highest BCUT2D eigenvalue weighted by Crippen LogP contribution is 2.20. The molecule has 1 N–H and O–H groups in total. The Hall–Kier alpha value is -1.93. The highest BCUT2D eigenvalue weighted by atomic mass is 19.4. The van der Waals surface area contributed by atoms with Crippen LogP contribution in [-0.4, -0.2) is 52.0 Å². The van der Waals surface area contributed by atoms with E-state index in [0.29, 0.717) is 10.9 Å². The molecule has 1 aromatic carbocycles. The molecule has 1 aromatic heterocycles. The number of hydrogen-bond donors (Lipinski definition) is 1. The van der Waals surface area contributed by atoms with E-state index in [1.54, 1.807) is 24.3 Å². The van der Waals surface area contributed by atoms with Gasteiger partial charge in [-0.3, -0.25) is 9.36 Å². The number of aliphatic hydroxyl groups is 1. The smallest absolute Gasteiger partial charge is 0.382 e. The van der Waals surface area contributed by atoms with Gasteiger partial charge in [0.25, 0.3) is 5.56 Å². The molecule has 0 saturated carbocycles. The van der Waals surface area contributed by atoms with Crippen molar-refractivity contribution in [2.75, 3.05) is 20.1 Å². The summed E-state index contributed by atoms with van der Waals surface area (Å²) in [5.41, 5.74) is 0.333. The number of nitrogens with zero attached hydrogens (tertiary/aromatic N) is 3. The van der Waals surface area contributed by atoms with Crippen LogP contribution in [0.5, 0.6) is 0 Å². The third kappa shape index (κ3) is 3.83. The molecule has 1 heterocycles. The standard InChI is InChI=1S/C14H16F3N3O2/c1-19(8-12(21)14(15,16)17)6-7-20-9-18-11-5-3-2-4-10(11)13(20)22/h2-5,9,12,21H,6-8H2,1H3. The summed E-state index contributed by atoms with van der Waals surface area (Å²) in [4.78, 5) is 17.7. The highest BCUT2D eigenvalue weighted by Gasteiger charge is 2.38. The van der Waals surface area contributed by atoms with Gasteiger partial charge in [0, 0.05) is 19.6 Å². The molecule has 0 aliphatic rings. The molecule has 0 aliphatic carbocycles. The van der Waals surface area contributed by atoms with E-state index in [4.69, 9.17) is 5.11 Å². The lowest BCUT2D eigenvalue weighted by Crippen LogP contribution is -2.40. The highest BCUT2D eigenvalue weighted by molar-refractivity contribution is 5.76. The van der Waals surface area contributed by atoms with Crippen LogP contribution in [-0.2, 0) is 6.54 Å². The molecule has 5 nitrogen and oxygen atoms in total. The summed E-state index contributed by atoms with van der Waals surface area (Å²) in [6.45, 7) is -0.163. The van der Waals surface area contributed by atoms with E-state index >= 15 is 0 Å². The number of benzene rings is 1. The first kappa shape index (κ1) is 16.4. The second-order valence-electron chi connectivity index (χ2n) is 5.08. The first-order valence-corrected chi connectivity index (χ1v) is 6.66. The largest absolute Gasteiger partial charge is 0.415 e. The Morgan fingerprint density at radius 2 is 2.05 bits per heavy atom. The molecule has 0 amide bonds. The van der Waals surface area contributed by atoms with Crippen LogP contribution in [0.4, 0.5) is 13.2 Å². The average molecular weight is 315 g/mol. The van der Waals surface area contributed by atoms with Crippen molar-refractivity contribution in [3.63, 3.8) is 0 Å². The van der Waals surface area contributed by atoms with Gasteiger partial charge in [-0.15, -0.1) is 0 Å². The molecule has 0 fully saturated rings. The van der Waals surface area contributed by atoms with Gasteiger partial charge in [-0.05, 0) is 19.2 Å². The van der Waals surface area contributed by atoms with Crippen LogP contribution in [0, 0.1) is 0 Å². The van der Waals surface area contributed by atoms with Crippen molar-refractivity contribution in [3.8, 4) is 0 Å². The van der Waals surface area contributed by atoms with Gasteiger partial charge in [-0.1, -0.05) is 12.1 Å². The molecule has 0 spiro atoms. The van der Waals surface area contributed by atoms with Crippen LogP contribution in [0.2, 0.25) is 0 Å². The number of rotatable bonds is 5. The number of fused-ring (bicyclic) bond motifs is 1. The predicted molar refractivity (Wildman–Crippen MR) is 75.6 cm³/mol. The molecule has 120 valence electrons. The van der Waals surface area contributed by atoms with E-state index in [2.05, 4.69) is 4.98 Å². The minimum atomic E-state index is -4.64. The van der Waals surface area contributed by atoms with Crippen molar-refractivity contribution >= 4 is 10.9 Å². The summed E-state index contributed by atoms with van der Waals surface area (Å²) in [7, 11) is 1.45. The molecule has 1 atom stereocenters. The first-order valence-electron chi connectivity index (χ1n) is 6.66. The third-order valence-electron chi connectivity index (χ3n) is 3.32. The van der Waals surface area contributed by atoms with Gasteiger partial charge in [0.2, 0.25) is 0 Å². The first-order chi connectivity index (χ1) is 10.3. The molecule has 0 aliphatic heterocycles. The number of alkyl halides is 3. The van der Waals surface area contributed by atoms with Crippen LogP contribution in [0.25, 0.3) is 10.9 Å². The van der Waals surface area contributed by atoms with Gasteiger partial charge in [0.05, 0.1) is 17.2 Å². The van der Waals surface area contributed by atoms with Crippen LogP contribution >= 0.6 is 0 Å². The maximum absolute atomic E-state index is 12.3. The molecular weight excluding hydrogens is 299 g/mol. The number of halogens is 3. The topological polar surface area (TPSA) is 58.4 Å². The lowest BCUT2D eigenvalue weighted by Gasteiger charge is -2.22. The fourth-order valence-electron chi connectivity index (χ4n) is 2.03.